The van der Waals surface area contributed by atoms with Gasteiger partial charge in [0.2, 0.25) is 0 Å². The first-order valence-corrected chi connectivity index (χ1v) is 5.84. The maximum Gasteiger partial charge on any atom is 0.136 e. The predicted molar refractivity (Wildman–Crippen MR) is 64.4 cm³/mol. The van der Waals surface area contributed by atoms with Crippen molar-refractivity contribution in [1.82, 2.24) is 0 Å². The van der Waals surface area contributed by atoms with Gasteiger partial charge in [0.1, 0.15) is 11.9 Å². The van der Waals surface area contributed by atoms with Crippen molar-refractivity contribution in [3.05, 3.63) is 46.2 Å². The first-order chi connectivity index (χ1) is 7.70. The summed E-state index contributed by atoms with van der Waals surface area (Å²) in [7, 11) is 0. The second kappa shape index (κ2) is 4.89. The first kappa shape index (κ1) is 11.5. The molecule has 0 aromatic heterocycles. The van der Waals surface area contributed by atoms with Crippen molar-refractivity contribution in [2.75, 3.05) is 6.61 Å². The molecule has 0 saturated heterocycles. The van der Waals surface area contributed by atoms with Crippen LogP contribution in [0.15, 0.2) is 30.0 Å². The average Bonchev–Trinajstić information content (AvgIpc) is 2.33. The SMILES string of the molecule is Cc1c(Cl)cccc1C(O)C1=CCCCO1. The molecule has 0 spiro atoms. The molecule has 0 radical (unpaired) electrons. The van der Waals surface area contributed by atoms with E-state index in [-0.39, 0.29) is 0 Å². The highest BCUT2D eigenvalue weighted by molar-refractivity contribution is 6.31. The molecule has 0 saturated carbocycles. The number of aliphatic hydroxyl groups is 1. The van der Waals surface area contributed by atoms with Gasteiger partial charge in [-0.1, -0.05) is 23.7 Å². The first-order valence-electron chi connectivity index (χ1n) is 5.46. The third kappa shape index (κ3) is 2.23. The summed E-state index contributed by atoms with van der Waals surface area (Å²) in [6, 6.07) is 5.55. The molecule has 1 aromatic carbocycles. The maximum atomic E-state index is 10.2. The van der Waals surface area contributed by atoms with E-state index in [0.717, 1.165) is 24.0 Å². The van der Waals surface area contributed by atoms with Gasteiger partial charge >= 0.3 is 0 Å². The van der Waals surface area contributed by atoms with Gasteiger partial charge < -0.3 is 9.84 Å². The van der Waals surface area contributed by atoms with Gasteiger partial charge in [0, 0.05) is 5.02 Å². The summed E-state index contributed by atoms with van der Waals surface area (Å²) in [4.78, 5) is 0. The van der Waals surface area contributed by atoms with Crippen molar-refractivity contribution < 1.29 is 9.84 Å². The Kier molecular flexibility index (Phi) is 3.52. The van der Waals surface area contributed by atoms with Gasteiger partial charge in [-0.15, -0.1) is 0 Å². The van der Waals surface area contributed by atoms with Crippen LogP contribution in [0.25, 0.3) is 0 Å². The van der Waals surface area contributed by atoms with Gasteiger partial charge in [-0.2, -0.15) is 0 Å². The smallest absolute Gasteiger partial charge is 0.136 e. The summed E-state index contributed by atoms with van der Waals surface area (Å²) in [5.41, 5.74) is 1.73. The molecule has 0 amide bonds. The number of allylic oxidation sites excluding steroid dienone is 1. The molecule has 1 N–H and O–H groups in total. The molecule has 2 rings (SSSR count). The van der Waals surface area contributed by atoms with Gasteiger partial charge in [0.25, 0.3) is 0 Å². The number of halogens is 1. The Morgan fingerprint density at radius 3 is 2.94 bits per heavy atom. The molecule has 1 heterocycles. The van der Waals surface area contributed by atoms with Crippen LogP contribution in [-0.2, 0) is 4.74 Å². The number of benzene rings is 1. The monoisotopic (exact) mass is 238 g/mol. The van der Waals surface area contributed by atoms with Gasteiger partial charge in [-0.05, 0) is 43.0 Å². The van der Waals surface area contributed by atoms with Crippen molar-refractivity contribution in [2.45, 2.75) is 25.9 Å². The third-order valence-electron chi connectivity index (χ3n) is 2.84. The van der Waals surface area contributed by atoms with Crippen LogP contribution in [0, 0.1) is 6.92 Å². The van der Waals surface area contributed by atoms with Crippen molar-refractivity contribution in [3.8, 4) is 0 Å². The summed E-state index contributed by atoms with van der Waals surface area (Å²) in [6.45, 7) is 2.59. The Labute approximate surface area is 101 Å². The Bertz CT molecular complexity index is 412. The van der Waals surface area contributed by atoms with E-state index >= 15 is 0 Å². The van der Waals surface area contributed by atoms with E-state index in [9.17, 15) is 5.11 Å². The van der Waals surface area contributed by atoms with Crippen LogP contribution in [-0.4, -0.2) is 11.7 Å². The Morgan fingerprint density at radius 1 is 1.44 bits per heavy atom. The molecular formula is C13H15ClO2. The van der Waals surface area contributed by atoms with E-state index in [0.29, 0.717) is 17.4 Å². The Balaban J connectivity index is 2.29. The molecule has 1 unspecified atom stereocenters. The average molecular weight is 239 g/mol. The molecule has 86 valence electrons. The number of aliphatic hydroxyl groups excluding tert-OH is 1. The second-order valence-corrected chi connectivity index (χ2v) is 4.36. The molecule has 16 heavy (non-hydrogen) atoms. The second-order valence-electron chi connectivity index (χ2n) is 3.95. The molecule has 3 heteroatoms. The van der Waals surface area contributed by atoms with Crippen LogP contribution in [0.3, 0.4) is 0 Å². The van der Waals surface area contributed by atoms with Crippen molar-refractivity contribution in [2.24, 2.45) is 0 Å². The Hall–Kier alpha value is -0.990. The van der Waals surface area contributed by atoms with Gasteiger partial charge in [0.05, 0.1) is 6.61 Å². The third-order valence-corrected chi connectivity index (χ3v) is 3.25. The quantitative estimate of drug-likeness (QED) is 0.856. The molecular weight excluding hydrogens is 224 g/mol. The minimum absolute atomic E-state index is 0.650. The van der Waals surface area contributed by atoms with Crippen LogP contribution in [0.4, 0.5) is 0 Å². The number of hydrogen-bond acceptors (Lipinski definition) is 2. The summed E-state index contributed by atoms with van der Waals surface area (Å²) >= 11 is 6.03. The fraction of sp³-hybridized carbons (Fsp3) is 0.385. The molecule has 1 aliphatic heterocycles. The van der Waals surface area contributed by atoms with Crippen LogP contribution >= 0.6 is 11.6 Å². The standard InChI is InChI=1S/C13H15ClO2/c1-9-10(5-4-6-11(9)14)13(15)12-7-2-3-8-16-12/h4-7,13,15H,2-3,8H2,1H3. The fourth-order valence-electron chi connectivity index (χ4n) is 1.84. The molecule has 0 fully saturated rings. The van der Waals surface area contributed by atoms with E-state index in [4.69, 9.17) is 16.3 Å². The zero-order chi connectivity index (χ0) is 11.5. The molecule has 2 nitrogen and oxygen atoms in total. The maximum absolute atomic E-state index is 10.2. The van der Waals surface area contributed by atoms with E-state index in [1.54, 1.807) is 0 Å². The number of hydrogen-bond donors (Lipinski definition) is 1. The highest BCUT2D eigenvalue weighted by Crippen LogP contribution is 2.30. The number of rotatable bonds is 2. The van der Waals surface area contributed by atoms with E-state index < -0.39 is 6.10 Å². The zero-order valence-electron chi connectivity index (χ0n) is 9.24. The lowest BCUT2D eigenvalue weighted by atomic mass is 10.0. The lowest BCUT2D eigenvalue weighted by molar-refractivity contribution is 0.0914. The predicted octanol–water partition coefficient (Wildman–Crippen LogP) is 3.38. The molecule has 1 atom stereocenters. The lowest BCUT2D eigenvalue weighted by Crippen LogP contribution is -2.11. The summed E-state index contributed by atoms with van der Waals surface area (Å²) in [5.74, 6) is 0.650. The summed E-state index contributed by atoms with van der Waals surface area (Å²) in [5, 5.41) is 10.9. The van der Waals surface area contributed by atoms with Crippen molar-refractivity contribution in [1.29, 1.82) is 0 Å². The van der Waals surface area contributed by atoms with E-state index in [1.165, 1.54) is 0 Å². The van der Waals surface area contributed by atoms with Crippen molar-refractivity contribution >= 4 is 11.6 Å². The van der Waals surface area contributed by atoms with Gasteiger partial charge in [-0.3, -0.25) is 0 Å². The zero-order valence-corrected chi connectivity index (χ0v) is 10.00. The van der Waals surface area contributed by atoms with E-state index in [1.807, 2.05) is 31.2 Å². The normalized spacial score (nSPS) is 17.6. The largest absolute Gasteiger partial charge is 0.495 e. The fourth-order valence-corrected chi connectivity index (χ4v) is 2.02. The Morgan fingerprint density at radius 2 is 2.25 bits per heavy atom. The van der Waals surface area contributed by atoms with Crippen LogP contribution in [0.5, 0.6) is 0 Å². The van der Waals surface area contributed by atoms with Gasteiger partial charge in [-0.25, -0.2) is 0 Å². The summed E-state index contributed by atoms with van der Waals surface area (Å²) < 4.78 is 5.46. The van der Waals surface area contributed by atoms with Crippen LogP contribution in [0.2, 0.25) is 5.02 Å². The topological polar surface area (TPSA) is 29.5 Å². The van der Waals surface area contributed by atoms with E-state index in [2.05, 4.69) is 0 Å². The highest BCUT2D eigenvalue weighted by atomic mass is 35.5. The summed E-state index contributed by atoms with van der Waals surface area (Å²) in [6.07, 6.45) is 3.24. The molecule has 1 aliphatic rings. The minimum Gasteiger partial charge on any atom is -0.495 e. The van der Waals surface area contributed by atoms with Crippen LogP contribution in [0.1, 0.15) is 30.1 Å². The molecule has 0 aliphatic carbocycles. The minimum atomic E-state index is -0.695. The lowest BCUT2D eigenvalue weighted by Gasteiger charge is -2.21. The highest BCUT2D eigenvalue weighted by Gasteiger charge is 2.19. The molecule has 1 aromatic rings. The van der Waals surface area contributed by atoms with Crippen LogP contribution < -0.4 is 0 Å². The number of ether oxygens (including phenoxy) is 1. The molecule has 0 bridgehead atoms. The van der Waals surface area contributed by atoms with Crippen molar-refractivity contribution in [3.63, 3.8) is 0 Å². The van der Waals surface area contributed by atoms with Gasteiger partial charge in [0.15, 0.2) is 0 Å².